The maximum atomic E-state index is 12.4. The Kier molecular flexibility index (Phi) is 4.81. The number of carbonyl (C=O) groups is 1. The average molecular weight is 304 g/mol. The number of rotatable bonds is 4. The number of anilines is 1. The van der Waals surface area contributed by atoms with Crippen molar-refractivity contribution in [3.05, 3.63) is 58.9 Å². The molecule has 4 nitrogen and oxygen atoms in total. The summed E-state index contributed by atoms with van der Waals surface area (Å²) < 4.78 is 0. The number of nitrogens with zero attached hydrogens (tertiary/aromatic N) is 3. The summed E-state index contributed by atoms with van der Waals surface area (Å²) in [6, 6.07) is 9.75. The van der Waals surface area contributed by atoms with Crippen molar-refractivity contribution < 1.29 is 4.79 Å². The molecule has 1 heterocycles. The fourth-order valence-corrected chi connectivity index (χ4v) is 2.20. The molecule has 2 rings (SSSR count). The summed E-state index contributed by atoms with van der Waals surface area (Å²) in [5.41, 5.74) is 2.67. The molecule has 0 radical (unpaired) electrons. The molecule has 1 aromatic heterocycles. The van der Waals surface area contributed by atoms with Gasteiger partial charge in [-0.1, -0.05) is 23.7 Å². The lowest BCUT2D eigenvalue weighted by Gasteiger charge is -2.19. The third-order valence-electron chi connectivity index (χ3n) is 3.22. The van der Waals surface area contributed by atoms with E-state index < -0.39 is 0 Å². The molecule has 0 aliphatic rings. The fraction of sp³-hybridized carbons (Fsp3) is 0.250. The highest BCUT2D eigenvalue weighted by Crippen LogP contribution is 2.17. The minimum Gasteiger partial charge on any atom is -0.378 e. The molecule has 0 aliphatic carbocycles. The van der Waals surface area contributed by atoms with E-state index in [-0.39, 0.29) is 5.91 Å². The zero-order valence-electron chi connectivity index (χ0n) is 12.4. The Labute approximate surface area is 130 Å². The van der Waals surface area contributed by atoms with Gasteiger partial charge in [-0.2, -0.15) is 0 Å². The highest BCUT2D eigenvalue weighted by atomic mass is 35.5. The molecular formula is C16H18ClN3O. The van der Waals surface area contributed by atoms with Crippen molar-refractivity contribution in [2.24, 2.45) is 0 Å². The summed E-state index contributed by atoms with van der Waals surface area (Å²) in [6.45, 7) is 0.533. The first-order chi connectivity index (χ1) is 9.99. The molecule has 2 aromatic rings. The maximum absolute atomic E-state index is 12.4. The Morgan fingerprint density at radius 1 is 1.14 bits per heavy atom. The number of hydrogen-bond acceptors (Lipinski definition) is 3. The van der Waals surface area contributed by atoms with E-state index in [0.717, 1.165) is 11.3 Å². The lowest BCUT2D eigenvalue weighted by molar-refractivity contribution is 0.0785. The molecule has 5 heteroatoms. The van der Waals surface area contributed by atoms with E-state index in [9.17, 15) is 4.79 Å². The molecule has 110 valence electrons. The Morgan fingerprint density at radius 3 is 2.38 bits per heavy atom. The van der Waals surface area contributed by atoms with Gasteiger partial charge in [0.05, 0.1) is 10.6 Å². The van der Waals surface area contributed by atoms with Crippen LogP contribution in [0.15, 0.2) is 42.7 Å². The lowest BCUT2D eigenvalue weighted by atomic mass is 10.1. The van der Waals surface area contributed by atoms with E-state index in [4.69, 9.17) is 11.6 Å². The van der Waals surface area contributed by atoms with Crippen molar-refractivity contribution in [3.63, 3.8) is 0 Å². The van der Waals surface area contributed by atoms with E-state index >= 15 is 0 Å². The molecule has 0 unspecified atom stereocenters. The first-order valence-electron chi connectivity index (χ1n) is 6.60. The van der Waals surface area contributed by atoms with Crippen molar-refractivity contribution in [3.8, 4) is 0 Å². The highest BCUT2D eigenvalue weighted by Gasteiger charge is 2.15. The van der Waals surface area contributed by atoms with Gasteiger partial charge in [0.15, 0.2) is 0 Å². The Morgan fingerprint density at radius 2 is 1.81 bits per heavy atom. The average Bonchev–Trinajstić information content (AvgIpc) is 2.47. The third kappa shape index (κ3) is 3.73. The predicted molar refractivity (Wildman–Crippen MR) is 85.8 cm³/mol. The quantitative estimate of drug-likeness (QED) is 0.871. The van der Waals surface area contributed by atoms with Crippen LogP contribution in [0.5, 0.6) is 0 Å². The predicted octanol–water partition coefficient (Wildman–Crippen LogP) is 3.07. The van der Waals surface area contributed by atoms with Gasteiger partial charge in [0, 0.05) is 45.8 Å². The molecule has 0 N–H and O–H groups in total. The van der Waals surface area contributed by atoms with Gasteiger partial charge in [-0.15, -0.1) is 0 Å². The van der Waals surface area contributed by atoms with Gasteiger partial charge in [0.2, 0.25) is 0 Å². The molecule has 0 atom stereocenters. The van der Waals surface area contributed by atoms with E-state index in [1.54, 1.807) is 24.2 Å². The first kappa shape index (κ1) is 15.3. The second-order valence-electron chi connectivity index (χ2n) is 5.08. The molecule has 1 aromatic carbocycles. The third-order valence-corrected chi connectivity index (χ3v) is 3.52. The van der Waals surface area contributed by atoms with Gasteiger partial charge >= 0.3 is 0 Å². The molecule has 0 saturated heterocycles. The number of pyridine rings is 1. The van der Waals surface area contributed by atoms with Crippen LogP contribution in [0.2, 0.25) is 5.02 Å². The number of carbonyl (C=O) groups excluding carboxylic acids is 1. The normalized spacial score (nSPS) is 10.3. The van der Waals surface area contributed by atoms with Crippen LogP contribution < -0.4 is 4.90 Å². The summed E-state index contributed by atoms with van der Waals surface area (Å²) in [7, 11) is 5.76. The summed E-state index contributed by atoms with van der Waals surface area (Å²) in [4.78, 5) is 19.9. The summed E-state index contributed by atoms with van der Waals surface area (Å²) in [6.07, 6.45) is 3.05. The minimum atomic E-state index is -0.112. The largest absolute Gasteiger partial charge is 0.378 e. The molecular weight excluding hydrogens is 286 g/mol. The number of halogens is 1. The number of aromatic nitrogens is 1. The molecule has 0 fully saturated rings. The van der Waals surface area contributed by atoms with Crippen molar-refractivity contribution in [1.29, 1.82) is 0 Å². The van der Waals surface area contributed by atoms with Gasteiger partial charge in [-0.3, -0.25) is 9.78 Å². The van der Waals surface area contributed by atoms with Crippen LogP contribution in [0.25, 0.3) is 0 Å². The standard InChI is InChI=1S/C16H18ClN3O/c1-19(2)13-6-4-12(5-7-13)11-20(3)16(21)14-8-9-18-10-15(14)17/h4-10H,11H2,1-3H3. The number of benzene rings is 1. The van der Waals surface area contributed by atoms with E-state index in [1.807, 2.05) is 43.3 Å². The van der Waals surface area contributed by atoms with Crippen molar-refractivity contribution in [2.75, 3.05) is 26.0 Å². The Balaban J connectivity index is 2.09. The molecule has 0 spiro atoms. The Bertz CT molecular complexity index is 626. The number of hydrogen-bond donors (Lipinski definition) is 0. The lowest BCUT2D eigenvalue weighted by Crippen LogP contribution is -2.26. The monoisotopic (exact) mass is 303 g/mol. The first-order valence-corrected chi connectivity index (χ1v) is 6.98. The smallest absolute Gasteiger partial charge is 0.255 e. The second kappa shape index (κ2) is 6.59. The highest BCUT2D eigenvalue weighted by molar-refractivity contribution is 6.33. The molecule has 0 saturated carbocycles. The van der Waals surface area contributed by atoms with Crippen LogP contribution in [-0.2, 0) is 6.54 Å². The van der Waals surface area contributed by atoms with Crippen LogP contribution in [0.1, 0.15) is 15.9 Å². The van der Waals surface area contributed by atoms with Crippen molar-refractivity contribution in [2.45, 2.75) is 6.54 Å². The Hall–Kier alpha value is -2.07. The molecule has 0 bridgehead atoms. The molecule has 21 heavy (non-hydrogen) atoms. The van der Waals surface area contributed by atoms with Crippen LogP contribution in [0.4, 0.5) is 5.69 Å². The van der Waals surface area contributed by atoms with Gasteiger partial charge < -0.3 is 9.80 Å². The van der Waals surface area contributed by atoms with Crippen LogP contribution >= 0.6 is 11.6 Å². The fourth-order valence-electron chi connectivity index (χ4n) is 2.00. The van der Waals surface area contributed by atoms with Gasteiger partial charge in [0.1, 0.15) is 0 Å². The number of amides is 1. The zero-order valence-corrected chi connectivity index (χ0v) is 13.1. The zero-order chi connectivity index (χ0) is 15.4. The molecule has 1 amide bonds. The van der Waals surface area contributed by atoms with Gasteiger partial charge in [-0.05, 0) is 23.8 Å². The summed E-state index contributed by atoms with van der Waals surface area (Å²) >= 11 is 6.01. The van der Waals surface area contributed by atoms with Crippen LogP contribution in [0.3, 0.4) is 0 Å². The summed E-state index contributed by atoms with van der Waals surface area (Å²) in [5, 5.41) is 0.373. The summed E-state index contributed by atoms with van der Waals surface area (Å²) in [5.74, 6) is -0.112. The van der Waals surface area contributed by atoms with Gasteiger partial charge in [-0.25, -0.2) is 0 Å². The van der Waals surface area contributed by atoms with E-state index in [0.29, 0.717) is 17.1 Å². The SMILES string of the molecule is CN(Cc1ccc(N(C)C)cc1)C(=O)c1ccncc1Cl. The second-order valence-corrected chi connectivity index (χ2v) is 5.48. The minimum absolute atomic E-state index is 0.112. The molecule has 0 aliphatic heterocycles. The topological polar surface area (TPSA) is 36.4 Å². The maximum Gasteiger partial charge on any atom is 0.255 e. The van der Waals surface area contributed by atoms with Crippen LogP contribution in [0, 0.1) is 0 Å². The van der Waals surface area contributed by atoms with Crippen LogP contribution in [-0.4, -0.2) is 36.9 Å². The van der Waals surface area contributed by atoms with Crippen molar-refractivity contribution in [1.82, 2.24) is 9.88 Å². The van der Waals surface area contributed by atoms with E-state index in [1.165, 1.54) is 6.20 Å². The van der Waals surface area contributed by atoms with Gasteiger partial charge in [0.25, 0.3) is 5.91 Å². The van der Waals surface area contributed by atoms with Crippen molar-refractivity contribution >= 4 is 23.2 Å². The van der Waals surface area contributed by atoms with E-state index in [2.05, 4.69) is 4.98 Å².